The minimum atomic E-state index is -0.438. The number of carbonyl (C=O) groups is 1. The van der Waals surface area contributed by atoms with E-state index >= 15 is 0 Å². The van der Waals surface area contributed by atoms with Crippen LogP contribution in [0, 0.1) is 0 Å². The summed E-state index contributed by atoms with van der Waals surface area (Å²) in [6, 6.07) is 12.8. The first kappa shape index (κ1) is 19.6. The molecule has 0 unspecified atom stereocenters. The summed E-state index contributed by atoms with van der Waals surface area (Å²) >= 11 is 0. The van der Waals surface area contributed by atoms with Crippen molar-refractivity contribution in [3.05, 3.63) is 53.6 Å². The molecule has 6 heteroatoms. The Labute approximate surface area is 154 Å². The SMILES string of the molecule is COc1ccc(CCN(C)CCOc2ccc(C(N)=O)cc2)cc1OC. The average molecular weight is 358 g/mol. The van der Waals surface area contributed by atoms with Gasteiger partial charge in [-0.2, -0.15) is 0 Å². The molecular weight excluding hydrogens is 332 g/mol. The molecule has 0 atom stereocenters. The second-order valence-corrected chi connectivity index (χ2v) is 5.98. The number of hydrogen-bond acceptors (Lipinski definition) is 5. The van der Waals surface area contributed by atoms with Crippen molar-refractivity contribution in [2.45, 2.75) is 6.42 Å². The quantitative estimate of drug-likeness (QED) is 0.706. The monoisotopic (exact) mass is 358 g/mol. The Morgan fingerprint density at radius 2 is 1.69 bits per heavy atom. The van der Waals surface area contributed by atoms with E-state index in [9.17, 15) is 4.79 Å². The van der Waals surface area contributed by atoms with E-state index in [0.29, 0.717) is 12.2 Å². The molecule has 6 nitrogen and oxygen atoms in total. The van der Waals surface area contributed by atoms with Gasteiger partial charge in [0.2, 0.25) is 5.91 Å². The van der Waals surface area contributed by atoms with Gasteiger partial charge < -0.3 is 24.8 Å². The van der Waals surface area contributed by atoms with Gasteiger partial charge in [-0.3, -0.25) is 4.79 Å². The molecule has 0 fully saturated rings. The van der Waals surface area contributed by atoms with E-state index in [1.165, 1.54) is 5.56 Å². The first-order chi connectivity index (χ1) is 12.5. The number of carbonyl (C=O) groups excluding carboxylic acids is 1. The molecule has 140 valence electrons. The number of methoxy groups -OCH3 is 2. The first-order valence-corrected chi connectivity index (χ1v) is 8.45. The van der Waals surface area contributed by atoms with Gasteiger partial charge in [0, 0.05) is 18.7 Å². The zero-order valence-corrected chi connectivity index (χ0v) is 15.5. The highest BCUT2D eigenvalue weighted by Gasteiger charge is 2.06. The van der Waals surface area contributed by atoms with Gasteiger partial charge in [-0.25, -0.2) is 0 Å². The number of rotatable bonds is 10. The Kier molecular flexibility index (Phi) is 7.29. The topological polar surface area (TPSA) is 74.0 Å². The first-order valence-electron chi connectivity index (χ1n) is 8.45. The molecule has 2 N–H and O–H groups in total. The van der Waals surface area contributed by atoms with Gasteiger partial charge in [-0.05, 0) is 55.4 Å². The molecule has 0 heterocycles. The maximum absolute atomic E-state index is 11.0. The highest BCUT2D eigenvalue weighted by atomic mass is 16.5. The van der Waals surface area contributed by atoms with Crippen LogP contribution in [0.25, 0.3) is 0 Å². The van der Waals surface area contributed by atoms with E-state index < -0.39 is 5.91 Å². The molecule has 2 rings (SSSR count). The molecule has 2 aromatic rings. The number of benzene rings is 2. The summed E-state index contributed by atoms with van der Waals surface area (Å²) in [6.07, 6.45) is 0.907. The Balaban J connectivity index is 1.75. The van der Waals surface area contributed by atoms with Crippen LogP contribution in [0.5, 0.6) is 17.2 Å². The van der Waals surface area contributed by atoms with Crippen molar-refractivity contribution in [2.75, 3.05) is 41.0 Å². The van der Waals surface area contributed by atoms with Crippen LogP contribution in [0.2, 0.25) is 0 Å². The van der Waals surface area contributed by atoms with Crippen molar-refractivity contribution >= 4 is 5.91 Å². The molecular formula is C20H26N2O4. The summed E-state index contributed by atoms with van der Waals surface area (Å²) in [6.45, 7) is 2.27. The predicted octanol–water partition coefficient (Wildman–Crippen LogP) is 2.36. The van der Waals surface area contributed by atoms with Crippen molar-refractivity contribution < 1.29 is 19.0 Å². The van der Waals surface area contributed by atoms with Crippen LogP contribution in [0.4, 0.5) is 0 Å². The summed E-state index contributed by atoms with van der Waals surface area (Å²) in [7, 11) is 5.33. The van der Waals surface area contributed by atoms with Crippen molar-refractivity contribution in [1.82, 2.24) is 4.90 Å². The molecule has 1 amide bonds. The molecule has 0 aliphatic heterocycles. The normalized spacial score (nSPS) is 10.6. The summed E-state index contributed by atoms with van der Waals surface area (Å²) < 4.78 is 16.3. The number of primary amides is 1. The summed E-state index contributed by atoms with van der Waals surface area (Å²) in [4.78, 5) is 13.2. The number of likely N-dealkylation sites (N-methyl/N-ethyl adjacent to an activating group) is 1. The molecule has 0 aliphatic carbocycles. The summed E-state index contributed by atoms with van der Waals surface area (Å²) in [5.41, 5.74) is 6.89. The van der Waals surface area contributed by atoms with E-state index in [-0.39, 0.29) is 0 Å². The Bertz CT molecular complexity index is 716. The van der Waals surface area contributed by atoms with E-state index in [2.05, 4.69) is 11.9 Å². The van der Waals surface area contributed by atoms with Crippen molar-refractivity contribution in [1.29, 1.82) is 0 Å². The fourth-order valence-corrected chi connectivity index (χ4v) is 2.50. The molecule has 0 saturated heterocycles. The van der Waals surface area contributed by atoms with Gasteiger partial charge >= 0.3 is 0 Å². The second kappa shape index (κ2) is 9.68. The fourth-order valence-electron chi connectivity index (χ4n) is 2.50. The molecule has 0 saturated carbocycles. The Morgan fingerprint density at radius 3 is 2.31 bits per heavy atom. The van der Waals surface area contributed by atoms with Gasteiger partial charge in [0.25, 0.3) is 0 Å². The zero-order valence-electron chi connectivity index (χ0n) is 15.5. The Hall–Kier alpha value is -2.73. The smallest absolute Gasteiger partial charge is 0.248 e. The highest BCUT2D eigenvalue weighted by Crippen LogP contribution is 2.27. The third kappa shape index (κ3) is 5.67. The van der Waals surface area contributed by atoms with Gasteiger partial charge in [-0.1, -0.05) is 6.07 Å². The van der Waals surface area contributed by atoms with Crippen molar-refractivity contribution in [3.63, 3.8) is 0 Å². The number of nitrogens with two attached hydrogens (primary N) is 1. The van der Waals surface area contributed by atoms with E-state index in [1.807, 2.05) is 18.2 Å². The predicted molar refractivity (Wildman–Crippen MR) is 101 cm³/mol. The maximum atomic E-state index is 11.0. The molecule has 0 aliphatic rings. The number of ether oxygens (including phenoxy) is 3. The lowest BCUT2D eigenvalue weighted by Gasteiger charge is -2.17. The molecule has 0 spiro atoms. The average Bonchev–Trinajstić information content (AvgIpc) is 2.66. The van der Waals surface area contributed by atoms with E-state index in [4.69, 9.17) is 19.9 Å². The van der Waals surface area contributed by atoms with Gasteiger partial charge in [0.15, 0.2) is 11.5 Å². The van der Waals surface area contributed by atoms with Crippen molar-refractivity contribution in [3.8, 4) is 17.2 Å². The molecule has 0 radical (unpaired) electrons. The number of nitrogens with zero attached hydrogens (tertiary/aromatic N) is 1. The van der Waals surface area contributed by atoms with Crippen molar-refractivity contribution in [2.24, 2.45) is 5.73 Å². The zero-order chi connectivity index (χ0) is 18.9. The lowest BCUT2D eigenvalue weighted by molar-refractivity contribution is 0.1000. The molecule has 2 aromatic carbocycles. The standard InChI is InChI=1S/C20H26N2O4/c1-22(11-10-15-4-9-18(24-2)19(14-15)25-3)12-13-26-17-7-5-16(6-8-17)20(21)23/h4-9,14H,10-13H2,1-3H3,(H2,21,23). The lowest BCUT2D eigenvalue weighted by atomic mass is 10.1. The summed E-state index contributed by atoms with van der Waals surface area (Å²) in [5.74, 6) is 1.77. The summed E-state index contributed by atoms with van der Waals surface area (Å²) in [5, 5.41) is 0. The molecule has 0 bridgehead atoms. The van der Waals surface area contributed by atoms with E-state index in [0.717, 1.165) is 36.8 Å². The molecule has 0 aromatic heterocycles. The third-order valence-electron chi connectivity index (χ3n) is 4.11. The Morgan fingerprint density at radius 1 is 1.00 bits per heavy atom. The van der Waals surface area contributed by atoms with Crippen LogP contribution in [-0.4, -0.2) is 51.8 Å². The van der Waals surface area contributed by atoms with Crippen LogP contribution < -0.4 is 19.9 Å². The van der Waals surface area contributed by atoms with Crippen LogP contribution in [0.3, 0.4) is 0 Å². The maximum Gasteiger partial charge on any atom is 0.248 e. The van der Waals surface area contributed by atoms with Gasteiger partial charge in [0.1, 0.15) is 12.4 Å². The minimum Gasteiger partial charge on any atom is -0.493 e. The van der Waals surface area contributed by atoms with Crippen LogP contribution in [-0.2, 0) is 6.42 Å². The second-order valence-electron chi connectivity index (χ2n) is 5.98. The third-order valence-corrected chi connectivity index (χ3v) is 4.11. The largest absolute Gasteiger partial charge is 0.493 e. The van der Waals surface area contributed by atoms with Crippen LogP contribution in [0.1, 0.15) is 15.9 Å². The number of hydrogen-bond donors (Lipinski definition) is 1. The fraction of sp³-hybridized carbons (Fsp3) is 0.350. The van der Waals surface area contributed by atoms with E-state index in [1.54, 1.807) is 38.5 Å². The van der Waals surface area contributed by atoms with Crippen LogP contribution in [0.15, 0.2) is 42.5 Å². The number of amides is 1. The molecule has 26 heavy (non-hydrogen) atoms. The lowest BCUT2D eigenvalue weighted by Crippen LogP contribution is -2.26. The van der Waals surface area contributed by atoms with Crippen LogP contribution >= 0.6 is 0 Å². The van der Waals surface area contributed by atoms with Gasteiger partial charge in [-0.15, -0.1) is 0 Å². The van der Waals surface area contributed by atoms with Gasteiger partial charge in [0.05, 0.1) is 14.2 Å². The minimum absolute atomic E-state index is 0.438. The highest BCUT2D eigenvalue weighted by molar-refractivity contribution is 5.92.